The third-order valence-electron chi connectivity index (χ3n) is 2.90. The van der Waals surface area contributed by atoms with E-state index in [-0.39, 0.29) is 17.9 Å². The van der Waals surface area contributed by atoms with E-state index in [0.29, 0.717) is 25.4 Å². The van der Waals surface area contributed by atoms with Crippen LogP contribution in [0.15, 0.2) is 12.1 Å². The summed E-state index contributed by atoms with van der Waals surface area (Å²) in [6.07, 6.45) is 0. The molecule has 1 aromatic carbocycles. The maximum atomic E-state index is 14.0. The Morgan fingerprint density at radius 3 is 2.65 bits per heavy atom. The number of ether oxygens (including phenoxy) is 2. The van der Waals surface area contributed by atoms with Gasteiger partial charge in [0, 0.05) is 25.9 Å². The van der Waals surface area contributed by atoms with Crippen molar-refractivity contribution in [3.8, 4) is 0 Å². The molecule has 0 saturated carbocycles. The third kappa shape index (κ3) is 3.84. The molecule has 0 aliphatic heterocycles. The van der Waals surface area contributed by atoms with Crippen LogP contribution in [0.4, 0.5) is 15.8 Å². The molecule has 0 radical (unpaired) electrons. The largest absolute Gasteiger partial charge is 0.462 e. The molecule has 1 aromatic rings. The van der Waals surface area contributed by atoms with Gasteiger partial charge in [-0.2, -0.15) is 0 Å². The summed E-state index contributed by atoms with van der Waals surface area (Å²) in [5.74, 6) is -1.01. The smallest absolute Gasteiger partial charge is 0.340 e. The fourth-order valence-corrected chi connectivity index (χ4v) is 1.86. The van der Waals surface area contributed by atoms with Crippen molar-refractivity contribution < 1.29 is 18.7 Å². The number of nitrogens with two attached hydrogens (primary N) is 1. The van der Waals surface area contributed by atoms with Gasteiger partial charge in [-0.05, 0) is 26.0 Å². The highest BCUT2D eigenvalue weighted by molar-refractivity contribution is 5.96. The molecular weight excluding hydrogens is 263 g/mol. The van der Waals surface area contributed by atoms with E-state index in [0.717, 1.165) is 6.07 Å². The number of benzene rings is 1. The number of rotatable bonds is 7. The first kappa shape index (κ1) is 16.2. The number of nitrogens with zero attached hydrogens (tertiary/aromatic N) is 1. The predicted octanol–water partition coefficient (Wildman–Crippen LogP) is 2.06. The summed E-state index contributed by atoms with van der Waals surface area (Å²) in [5.41, 5.74) is 6.26. The summed E-state index contributed by atoms with van der Waals surface area (Å²) in [6.45, 7) is 5.42. The number of hydrogen-bond acceptors (Lipinski definition) is 5. The molecule has 0 aromatic heterocycles. The van der Waals surface area contributed by atoms with Crippen LogP contribution in [0.3, 0.4) is 0 Å². The second kappa shape index (κ2) is 7.69. The van der Waals surface area contributed by atoms with Crippen LogP contribution < -0.4 is 10.6 Å². The van der Waals surface area contributed by atoms with E-state index in [9.17, 15) is 9.18 Å². The van der Waals surface area contributed by atoms with Crippen molar-refractivity contribution in [3.05, 3.63) is 23.5 Å². The number of anilines is 2. The van der Waals surface area contributed by atoms with Gasteiger partial charge >= 0.3 is 5.97 Å². The number of nitrogen functional groups attached to an aromatic ring is 1. The first-order chi connectivity index (χ1) is 9.54. The Hall–Kier alpha value is -1.82. The lowest BCUT2D eigenvalue weighted by Crippen LogP contribution is -2.28. The zero-order chi connectivity index (χ0) is 15.1. The molecule has 0 amide bonds. The molecule has 1 rings (SSSR count). The van der Waals surface area contributed by atoms with Crippen LogP contribution in [0, 0.1) is 5.82 Å². The van der Waals surface area contributed by atoms with E-state index in [1.807, 2.05) is 6.92 Å². The van der Waals surface area contributed by atoms with Crippen molar-refractivity contribution >= 4 is 17.3 Å². The van der Waals surface area contributed by atoms with Gasteiger partial charge in [0.15, 0.2) is 0 Å². The molecule has 2 N–H and O–H groups in total. The first-order valence-electron chi connectivity index (χ1n) is 6.55. The van der Waals surface area contributed by atoms with Gasteiger partial charge in [0.1, 0.15) is 5.82 Å². The Kier molecular flexibility index (Phi) is 6.24. The summed E-state index contributed by atoms with van der Waals surface area (Å²) in [4.78, 5) is 13.6. The normalized spacial score (nSPS) is 10.4. The van der Waals surface area contributed by atoms with Gasteiger partial charge in [0.2, 0.25) is 0 Å². The Morgan fingerprint density at radius 2 is 2.10 bits per heavy atom. The van der Waals surface area contributed by atoms with Crippen LogP contribution in [0.1, 0.15) is 24.2 Å². The van der Waals surface area contributed by atoms with Crippen LogP contribution in [0.5, 0.6) is 0 Å². The predicted molar refractivity (Wildman–Crippen MR) is 76.5 cm³/mol. The van der Waals surface area contributed by atoms with Crippen LogP contribution in [-0.4, -0.2) is 39.4 Å². The molecule has 0 bridgehead atoms. The number of esters is 1. The molecule has 0 aliphatic carbocycles. The third-order valence-corrected chi connectivity index (χ3v) is 2.90. The highest BCUT2D eigenvalue weighted by Crippen LogP contribution is 2.26. The van der Waals surface area contributed by atoms with Crippen molar-refractivity contribution in [2.75, 3.05) is 44.0 Å². The SMILES string of the molecule is CCOC(=O)c1cc(N(CC)CCOC)c(F)cc1N. The van der Waals surface area contributed by atoms with Gasteiger partial charge in [-0.1, -0.05) is 0 Å². The van der Waals surface area contributed by atoms with Crippen LogP contribution in [0.2, 0.25) is 0 Å². The molecule has 0 fully saturated rings. The average Bonchev–Trinajstić information content (AvgIpc) is 2.41. The topological polar surface area (TPSA) is 64.8 Å². The lowest BCUT2D eigenvalue weighted by atomic mass is 10.1. The van der Waals surface area contributed by atoms with Gasteiger partial charge < -0.3 is 20.1 Å². The van der Waals surface area contributed by atoms with Gasteiger partial charge in [-0.15, -0.1) is 0 Å². The molecule has 20 heavy (non-hydrogen) atoms. The van der Waals surface area contributed by atoms with Gasteiger partial charge in [0.05, 0.1) is 24.5 Å². The Balaban J connectivity index is 3.12. The molecule has 0 saturated heterocycles. The minimum Gasteiger partial charge on any atom is -0.462 e. The molecule has 0 unspecified atom stereocenters. The molecule has 0 atom stereocenters. The van der Waals surface area contributed by atoms with Crippen LogP contribution >= 0.6 is 0 Å². The Labute approximate surface area is 118 Å². The number of likely N-dealkylation sites (N-methyl/N-ethyl adjacent to an activating group) is 1. The fraction of sp³-hybridized carbons (Fsp3) is 0.500. The minimum atomic E-state index is -0.547. The van der Waals surface area contributed by atoms with Crippen molar-refractivity contribution in [3.63, 3.8) is 0 Å². The lowest BCUT2D eigenvalue weighted by molar-refractivity contribution is 0.0527. The lowest BCUT2D eigenvalue weighted by Gasteiger charge is -2.24. The van der Waals surface area contributed by atoms with E-state index in [1.54, 1.807) is 18.9 Å². The minimum absolute atomic E-state index is 0.0764. The molecule has 112 valence electrons. The number of methoxy groups -OCH3 is 1. The highest BCUT2D eigenvalue weighted by Gasteiger charge is 2.18. The molecular formula is C14H21FN2O3. The van der Waals surface area contributed by atoms with E-state index >= 15 is 0 Å². The number of halogens is 1. The van der Waals surface area contributed by atoms with Crippen LogP contribution in [0.25, 0.3) is 0 Å². The number of carbonyl (C=O) groups is 1. The first-order valence-corrected chi connectivity index (χ1v) is 6.55. The van der Waals surface area contributed by atoms with Crippen LogP contribution in [-0.2, 0) is 9.47 Å². The second-order valence-electron chi connectivity index (χ2n) is 4.18. The second-order valence-corrected chi connectivity index (χ2v) is 4.18. The Morgan fingerprint density at radius 1 is 1.40 bits per heavy atom. The van der Waals surface area contributed by atoms with E-state index in [2.05, 4.69) is 0 Å². The highest BCUT2D eigenvalue weighted by atomic mass is 19.1. The maximum Gasteiger partial charge on any atom is 0.340 e. The molecule has 0 heterocycles. The average molecular weight is 284 g/mol. The monoisotopic (exact) mass is 284 g/mol. The van der Waals surface area contributed by atoms with E-state index in [4.69, 9.17) is 15.2 Å². The quantitative estimate of drug-likeness (QED) is 0.613. The van der Waals surface area contributed by atoms with Crippen molar-refractivity contribution in [2.24, 2.45) is 0 Å². The summed E-state index contributed by atoms with van der Waals surface area (Å²) < 4.78 is 23.9. The number of hydrogen-bond donors (Lipinski definition) is 1. The summed E-state index contributed by atoms with van der Waals surface area (Å²) in [6, 6.07) is 2.58. The molecule has 5 nitrogen and oxygen atoms in total. The van der Waals surface area contributed by atoms with Crippen molar-refractivity contribution in [1.29, 1.82) is 0 Å². The number of carbonyl (C=O) groups excluding carboxylic acids is 1. The van der Waals surface area contributed by atoms with Gasteiger partial charge in [-0.3, -0.25) is 0 Å². The summed E-state index contributed by atoms with van der Waals surface area (Å²) in [5, 5.41) is 0. The van der Waals surface area contributed by atoms with Gasteiger partial charge in [0.25, 0.3) is 0 Å². The molecule has 0 aliphatic rings. The van der Waals surface area contributed by atoms with Gasteiger partial charge in [-0.25, -0.2) is 9.18 Å². The molecule has 6 heteroatoms. The zero-order valence-corrected chi connectivity index (χ0v) is 12.1. The zero-order valence-electron chi connectivity index (χ0n) is 12.1. The summed E-state index contributed by atoms with van der Waals surface area (Å²) >= 11 is 0. The standard InChI is InChI=1S/C14H21FN2O3/c1-4-17(6-7-19-3)13-8-10(14(18)20-5-2)12(16)9-11(13)15/h8-9H,4-7,16H2,1-3H3. The fourth-order valence-electron chi connectivity index (χ4n) is 1.86. The van der Waals surface area contributed by atoms with E-state index in [1.165, 1.54) is 6.07 Å². The maximum absolute atomic E-state index is 14.0. The van der Waals surface area contributed by atoms with E-state index < -0.39 is 11.8 Å². The van der Waals surface area contributed by atoms with Crippen molar-refractivity contribution in [1.82, 2.24) is 0 Å². The summed E-state index contributed by atoms with van der Waals surface area (Å²) in [7, 11) is 1.58. The van der Waals surface area contributed by atoms with Crippen molar-refractivity contribution in [2.45, 2.75) is 13.8 Å². The molecule has 0 spiro atoms. The Bertz CT molecular complexity index is 466.